The molecule has 8 aromatic rings. The molecule has 3 nitrogen and oxygen atoms in total. The van der Waals surface area contributed by atoms with Gasteiger partial charge in [0.25, 0.3) is 0 Å². The molecule has 0 bridgehead atoms. The Morgan fingerprint density at radius 2 is 1.11 bits per heavy atom. The van der Waals surface area contributed by atoms with E-state index in [0.717, 1.165) is 28.4 Å². The Morgan fingerprint density at radius 1 is 0.432 bits per heavy atom. The lowest BCUT2D eigenvalue weighted by molar-refractivity contribution is 0.477. The van der Waals surface area contributed by atoms with Crippen molar-refractivity contribution in [2.45, 2.75) is 0 Å². The smallest absolute Gasteiger partial charge is 0.152 e. The molecule has 9 rings (SSSR count). The lowest BCUT2D eigenvalue weighted by Gasteiger charge is -2.22. The Balaban J connectivity index is 1.45. The summed E-state index contributed by atoms with van der Waals surface area (Å²) in [5.74, 6) is 1.78. The second-order valence-electron chi connectivity index (χ2n) is 9.80. The molecule has 0 fully saturated rings. The highest BCUT2D eigenvalue weighted by Crippen LogP contribution is 2.47. The van der Waals surface area contributed by atoms with Gasteiger partial charge in [-0.15, -0.1) is 0 Å². The van der Waals surface area contributed by atoms with E-state index in [-0.39, 0.29) is 0 Å². The van der Waals surface area contributed by atoms with Crippen LogP contribution in [0.15, 0.2) is 121 Å². The van der Waals surface area contributed by atoms with Crippen molar-refractivity contribution >= 4 is 54.4 Å². The highest BCUT2D eigenvalue weighted by atomic mass is 16.5. The van der Waals surface area contributed by atoms with E-state index in [1.165, 1.54) is 48.9 Å². The van der Waals surface area contributed by atoms with Crippen molar-refractivity contribution in [3.63, 3.8) is 0 Å². The predicted molar refractivity (Wildman–Crippen MR) is 153 cm³/mol. The van der Waals surface area contributed by atoms with Crippen LogP contribution in [-0.4, -0.2) is 9.13 Å². The summed E-state index contributed by atoms with van der Waals surface area (Å²) in [4.78, 5) is 0. The van der Waals surface area contributed by atoms with E-state index in [2.05, 4.69) is 130 Å². The van der Waals surface area contributed by atoms with Crippen molar-refractivity contribution in [3.05, 3.63) is 121 Å². The fourth-order valence-electron chi connectivity index (χ4n) is 6.34. The fraction of sp³-hybridized carbons (Fsp3) is 0. The summed E-state index contributed by atoms with van der Waals surface area (Å²) in [5, 5.41) is 7.35. The first-order chi connectivity index (χ1) is 18.4. The van der Waals surface area contributed by atoms with Crippen LogP contribution in [0, 0.1) is 0 Å². The summed E-state index contributed by atoms with van der Waals surface area (Å²) in [5.41, 5.74) is 6.99. The normalized spacial score (nSPS) is 12.5. The van der Waals surface area contributed by atoms with Crippen molar-refractivity contribution in [1.82, 2.24) is 9.13 Å². The van der Waals surface area contributed by atoms with E-state index in [0.29, 0.717) is 0 Å². The number of rotatable bonds is 1. The zero-order valence-corrected chi connectivity index (χ0v) is 19.8. The first-order valence-corrected chi connectivity index (χ1v) is 12.6. The highest BCUT2D eigenvalue weighted by molar-refractivity contribution is 6.19. The van der Waals surface area contributed by atoms with Gasteiger partial charge in [-0.2, -0.15) is 0 Å². The second-order valence-corrected chi connectivity index (χ2v) is 9.80. The molecule has 1 aliphatic heterocycles. The van der Waals surface area contributed by atoms with Gasteiger partial charge in [-0.3, -0.25) is 0 Å². The van der Waals surface area contributed by atoms with Gasteiger partial charge in [-0.1, -0.05) is 78.9 Å². The van der Waals surface area contributed by atoms with Crippen LogP contribution >= 0.6 is 0 Å². The molecule has 2 aromatic heterocycles. The number of fused-ring (bicyclic) bond motifs is 10. The maximum atomic E-state index is 6.63. The van der Waals surface area contributed by atoms with Crippen molar-refractivity contribution in [2.75, 3.05) is 0 Å². The molecule has 0 saturated carbocycles. The topological polar surface area (TPSA) is 19.1 Å². The van der Waals surface area contributed by atoms with E-state index >= 15 is 0 Å². The van der Waals surface area contributed by atoms with Crippen LogP contribution in [0.1, 0.15) is 0 Å². The maximum absolute atomic E-state index is 6.63. The number of nitrogens with zero attached hydrogens (tertiary/aromatic N) is 2. The molecule has 0 radical (unpaired) electrons. The van der Waals surface area contributed by atoms with Crippen LogP contribution in [0.5, 0.6) is 11.5 Å². The van der Waals surface area contributed by atoms with Crippen LogP contribution in [0.4, 0.5) is 0 Å². The van der Waals surface area contributed by atoms with Gasteiger partial charge >= 0.3 is 0 Å². The molecule has 1 aliphatic rings. The van der Waals surface area contributed by atoms with Gasteiger partial charge in [-0.05, 0) is 47.9 Å². The van der Waals surface area contributed by atoms with Crippen molar-refractivity contribution in [2.24, 2.45) is 0 Å². The molecular formula is C34H20N2O. The summed E-state index contributed by atoms with van der Waals surface area (Å²) in [6, 6.07) is 43.3. The van der Waals surface area contributed by atoms with Crippen molar-refractivity contribution < 1.29 is 4.74 Å². The Bertz CT molecular complexity index is 2220. The third kappa shape index (κ3) is 2.41. The van der Waals surface area contributed by atoms with Gasteiger partial charge in [0.15, 0.2) is 11.5 Å². The van der Waals surface area contributed by atoms with E-state index < -0.39 is 0 Å². The molecule has 0 atom stereocenters. The first-order valence-electron chi connectivity index (χ1n) is 12.6. The van der Waals surface area contributed by atoms with Crippen LogP contribution in [0.3, 0.4) is 0 Å². The summed E-state index contributed by atoms with van der Waals surface area (Å²) in [7, 11) is 0. The summed E-state index contributed by atoms with van der Waals surface area (Å²) in [6.07, 6.45) is 0. The van der Waals surface area contributed by atoms with Gasteiger partial charge in [0.2, 0.25) is 0 Å². The van der Waals surface area contributed by atoms with E-state index in [1.54, 1.807) is 0 Å². The van der Waals surface area contributed by atoms with Gasteiger partial charge in [-0.25, -0.2) is 0 Å². The number of hydrogen-bond donors (Lipinski definition) is 0. The van der Waals surface area contributed by atoms with Crippen LogP contribution in [-0.2, 0) is 0 Å². The molecular weight excluding hydrogens is 452 g/mol. The average molecular weight is 473 g/mol. The third-order valence-corrected chi connectivity index (χ3v) is 7.86. The summed E-state index contributed by atoms with van der Waals surface area (Å²) in [6.45, 7) is 0. The molecule has 0 spiro atoms. The highest BCUT2D eigenvalue weighted by Gasteiger charge is 2.25. The lowest BCUT2D eigenvalue weighted by Crippen LogP contribution is -2.04. The summed E-state index contributed by atoms with van der Waals surface area (Å²) >= 11 is 0. The third-order valence-electron chi connectivity index (χ3n) is 7.86. The van der Waals surface area contributed by atoms with Gasteiger partial charge in [0.05, 0.1) is 27.8 Å². The van der Waals surface area contributed by atoms with Crippen LogP contribution in [0.2, 0.25) is 0 Å². The SMILES string of the molecule is c1ccc(-n2c3ccccc3c3ccc4cc5c(cc4c32)Oc2cccc3c4ccccc4n-5c23)cc1. The minimum atomic E-state index is 0.881. The van der Waals surface area contributed by atoms with Gasteiger partial charge in [0.1, 0.15) is 0 Å². The minimum absolute atomic E-state index is 0.881. The first kappa shape index (κ1) is 19.2. The molecule has 0 amide bonds. The van der Waals surface area contributed by atoms with Crippen molar-refractivity contribution in [1.29, 1.82) is 0 Å². The largest absolute Gasteiger partial charge is 0.453 e. The van der Waals surface area contributed by atoms with E-state index in [4.69, 9.17) is 4.74 Å². The van der Waals surface area contributed by atoms with Crippen LogP contribution in [0.25, 0.3) is 65.8 Å². The molecule has 0 aliphatic carbocycles. The zero-order valence-electron chi connectivity index (χ0n) is 19.8. The Labute approximate surface area is 212 Å². The summed E-state index contributed by atoms with van der Waals surface area (Å²) < 4.78 is 11.4. The number of ether oxygens (including phenoxy) is 1. The van der Waals surface area contributed by atoms with Crippen LogP contribution < -0.4 is 4.74 Å². The molecule has 3 heterocycles. The monoisotopic (exact) mass is 472 g/mol. The number of hydrogen-bond acceptors (Lipinski definition) is 1. The number of para-hydroxylation sites is 4. The molecule has 172 valence electrons. The molecule has 0 unspecified atom stereocenters. The average Bonchev–Trinajstić information content (AvgIpc) is 3.48. The lowest BCUT2D eigenvalue weighted by atomic mass is 10.0. The zero-order chi connectivity index (χ0) is 24.1. The molecule has 0 N–H and O–H groups in total. The Hall–Kier alpha value is -5.02. The molecule has 6 aromatic carbocycles. The predicted octanol–water partition coefficient (Wildman–Crippen LogP) is 9.14. The Morgan fingerprint density at radius 3 is 1.92 bits per heavy atom. The maximum Gasteiger partial charge on any atom is 0.152 e. The molecule has 37 heavy (non-hydrogen) atoms. The standard InChI is InChI=1S/C34H20N2O/c1-2-9-22(10-3-1)35-28-14-6-4-12-24(28)26-18-17-21-19-30-32(20-27(21)33(26)35)37-31-16-8-13-25-23-11-5-7-15-29(23)36(30)34(25)31/h1-20H. The van der Waals surface area contributed by atoms with E-state index in [1.807, 2.05) is 0 Å². The van der Waals surface area contributed by atoms with Gasteiger partial charge in [0, 0.05) is 32.6 Å². The van der Waals surface area contributed by atoms with Crippen molar-refractivity contribution in [3.8, 4) is 22.9 Å². The minimum Gasteiger partial charge on any atom is -0.453 e. The van der Waals surface area contributed by atoms with E-state index in [9.17, 15) is 0 Å². The number of benzene rings is 6. The quantitative estimate of drug-likeness (QED) is 0.233. The molecule has 0 saturated heterocycles. The Kier molecular flexibility index (Phi) is 3.53. The van der Waals surface area contributed by atoms with Gasteiger partial charge < -0.3 is 13.9 Å². The molecule has 3 heteroatoms. The number of aromatic nitrogens is 2. The fourth-order valence-corrected chi connectivity index (χ4v) is 6.34. The second kappa shape index (κ2) is 6.80.